The number of benzene rings is 1. The summed E-state index contributed by atoms with van der Waals surface area (Å²) in [6.45, 7) is 3.64. The minimum atomic E-state index is -0.334. The van der Waals surface area contributed by atoms with Gasteiger partial charge in [-0.05, 0) is 31.0 Å². The number of nitrogens with two attached hydrogens (primary N) is 1. The Hall–Kier alpha value is -1.68. The Kier molecular flexibility index (Phi) is 2.98. The average Bonchev–Trinajstić information content (AvgIpc) is 2.61. The van der Waals surface area contributed by atoms with Gasteiger partial charge >= 0.3 is 0 Å². The van der Waals surface area contributed by atoms with Crippen molar-refractivity contribution in [2.75, 3.05) is 0 Å². The number of aromatic nitrogens is 2. The molecule has 0 radical (unpaired) electrons. The summed E-state index contributed by atoms with van der Waals surface area (Å²) in [7, 11) is 1.85. The molecule has 2 rings (SSSR count). The SMILES string of the molecule is Cc1ccc(C(N)c2cn(C)nc2C)cc1F. The van der Waals surface area contributed by atoms with E-state index in [1.807, 2.05) is 26.2 Å². The largest absolute Gasteiger partial charge is 0.320 e. The molecule has 2 aromatic rings. The third-order valence-electron chi connectivity index (χ3n) is 2.94. The number of rotatable bonds is 2. The van der Waals surface area contributed by atoms with E-state index < -0.39 is 0 Å². The zero-order chi connectivity index (χ0) is 12.6. The van der Waals surface area contributed by atoms with E-state index in [2.05, 4.69) is 5.10 Å². The van der Waals surface area contributed by atoms with E-state index in [1.54, 1.807) is 17.7 Å². The number of hydrogen-bond acceptors (Lipinski definition) is 2. The van der Waals surface area contributed by atoms with Crippen LogP contribution in [0, 0.1) is 19.7 Å². The Labute approximate surface area is 100 Å². The summed E-state index contributed by atoms with van der Waals surface area (Å²) < 4.78 is 15.2. The Balaban J connectivity index is 2.40. The van der Waals surface area contributed by atoms with Crippen molar-refractivity contribution in [1.29, 1.82) is 0 Å². The highest BCUT2D eigenvalue weighted by Gasteiger charge is 2.15. The lowest BCUT2D eigenvalue weighted by molar-refractivity contribution is 0.614. The predicted octanol–water partition coefficient (Wildman–Crippen LogP) is 2.22. The highest BCUT2D eigenvalue weighted by Crippen LogP contribution is 2.23. The zero-order valence-electron chi connectivity index (χ0n) is 10.2. The quantitative estimate of drug-likeness (QED) is 0.864. The molecule has 1 aromatic carbocycles. The maximum Gasteiger partial charge on any atom is 0.126 e. The average molecular weight is 233 g/mol. The normalized spacial score (nSPS) is 12.8. The van der Waals surface area contributed by atoms with Crippen LogP contribution in [0.1, 0.15) is 28.4 Å². The van der Waals surface area contributed by atoms with Crippen LogP contribution < -0.4 is 5.73 Å². The van der Waals surface area contributed by atoms with E-state index in [0.717, 1.165) is 16.8 Å². The molecule has 1 aromatic heterocycles. The van der Waals surface area contributed by atoms with Crippen molar-refractivity contribution in [1.82, 2.24) is 9.78 Å². The van der Waals surface area contributed by atoms with Crippen LogP contribution in [0.25, 0.3) is 0 Å². The van der Waals surface area contributed by atoms with Gasteiger partial charge in [0, 0.05) is 18.8 Å². The molecular weight excluding hydrogens is 217 g/mol. The molecule has 0 fully saturated rings. The van der Waals surface area contributed by atoms with Gasteiger partial charge in [0.25, 0.3) is 0 Å². The van der Waals surface area contributed by atoms with E-state index in [4.69, 9.17) is 5.73 Å². The molecule has 4 heteroatoms. The van der Waals surface area contributed by atoms with E-state index >= 15 is 0 Å². The molecule has 0 bridgehead atoms. The molecule has 2 N–H and O–H groups in total. The summed E-state index contributed by atoms with van der Waals surface area (Å²) in [5, 5.41) is 4.24. The van der Waals surface area contributed by atoms with Gasteiger partial charge in [0.1, 0.15) is 5.82 Å². The summed E-state index contributed by atoms with van der Waals surface area (Å²) >= 11 is 0. The van der Waals surface area contributed by atoms with Crippen LogP contribution >= 0.6 is 0 Å². The standard InChI is InChI=1S/C13H16FN3/c1-8-4-5-10(6-12(8)14)13(15)11-7-17(3)16-9(11)2/h4-7,13H,15H2,1-3H3. The molecule has 0 spiro atoms. The molecule has 0 saturated carbocycles. The molecule has 0 saturated heterocycles. The number of aryl methyl sites for hydroxylation is 3. The van der Waals surface area contributed by atoms with Gasteiger partial charge in [0.05, 0.1) is 11.7 Å². The second-order valence-electron chi connectivity index (χ2n) is 4.33. The lowest BCUT2D eigenvalue weighted by Crippen LogP contribution is -2.12. The Morgan fingerprint density at radius 2 is 2.06 bits per heavy atom. The first-order valence-corrected chi connectivity index (χ1v) is 5.51. The third-order valence-corrected chi connectivity index (χ3v) is 2.94. The first kappa shape index (κ1) is 11.8. The van der Waals surface area contributed by atoms with Crippen LogP contribution in [-0.2, 0) is 7.05 Å². The van der Waals surface area contributed by atoms with Crippen molar-refractivity contribution in [3.8, 4) is 0 Å². The van der Waals surface area contributed by atoms with Crippen LogP contribution in [0.3, 0.4) is 0 Å². The highest BCUT2D eigenvalue weighted by atomic mass is 19.1. The fourth-order valence-corrected chi connectivity index (χ4v) is 1.91. The summed E-state index contributed by atoms with van der Waals surface area (Å²) in [6.07, 6.45) is 1.87. The van der Waals surface area contributed by atoms with Gasteiger partial charge in [-0.1, -0.05) is 12.1 Å². The molecular formula is C13H16FN3. The van der Waals surface area contributed by atoms with Gasteiger partial charge < -0.3 is 5.73 Å². The maximum atomic E-state index is 13.5. The lowest BCUT2D eigenvalue weighted by atomic mass is 9.99. The Morgan fingerprint density at radius 3 is 2.59 bits per heavy atom. The van der Waals surface area contributed by atoms with Gasteiger partial charge in [-0.25, -0.2) is 4.39 Å². The van der Waals surface area contributed by atoms with Crippen LogP contribution in [0.4, 0.5) is 4.39 Å². The van der Waals surface area contributed by atoms with E-state index in [9.17, 15) is 4.39 Å². The van der Waals surface area contributed by atoms with Crippen LogP contribution in [0.5, 0.6) is 0 Å². The third kappa shape index (κ3) is 2.22. The zero-order valence-corrected chi connectivity index (χ0v) is 10.2. The molecule has 1 unspecified atom stereocenters. The van der Waals surface area contributed by atoms with Crippen LogP contribution in [0.2, 0.25) is 0 Å². The van der Waals surface area contributed by atoms with Gasteiger partial charge in [-0.2, -0.15) is 5.10 Å². The van der Waals surface area contributed by atoms with Gasteiger partial charge in [0.2, 0.25) is 0 Å². The minimum Gasteiger partial charge on any atom is -0.320 e. The van der Waals surface area contributed by atoms with E-state index in [-0.39, 0.29) is 11.9 Å². The van der Waals surface area contributed by atoms with Gasteiger partial charge in [0.15, 0.2) is 0 Å². The number of halogens is 1. The summed E-state index contributed by atoms with van der Waals surface area (Å²) in [4.78, 5) is 0. The first-order valence-electron chi connectivity index (χ1n) is 5.51. The molecule has 1 atom stereocenters. The van der Waals surface area contributed by atoms with E-state index in [0.29, 0.717) is 5.56 Å². The van der Waals surface area contributed by atoms with Crippen molar-refractivity contribution in [3.63, 3.8) is 0 Å². The van der Waals surface area contributed by atoms with Gasteiger partial charge in [-0.15, -0.1) is 0 Å². The van der Waals surface area contributed by atoms with E-state index in [1.165, 1.54) is 6.07 Å². The second kappa shape index (κ2) is 4.30. The molecule has 0 aliphatic rings. The van der Waals surface area contributed by atoms with Crippen LogP contribution in [0.15, 0.2) is 24.4 Å². The van der Waals surface area contributed by atoms with Crippen molar-refractivity contribution in [3.05, 3.63) is 52.6 Å². The smallest absolute Gasteiger partial charge is 0.126 e. The fraction of sp³-hybridized carbons (Fsp3) is 0.308. The van der Waals surface area contributed by atoms with Gasteiger partial charge in [-0.3, -0.25) is 4.68 Å². The predicted molar refractivity (Wildman–Crippen MR) is 65.1 cm³/mol. The fourth-order valence-electron chi connectivity index (χ4n) is 1.91. The topological polar surface area (TPSA) is 43.8 Å². The van der Waals surface area contributed by atoms with Crippen molar-refractivity contribution < 1.29 is 4.39 Å². The summed E-state index contributed by atoms with van der Waals surface area (Å²) in [6, 6.07) is 4.76. The Morgan fingerprint density at radius 1 is 1.35 bits per heavy atom. The highest BCUT2D eigenvalue weighted by molar-refractivity contribution is 5.34. The number of hydrogen-bond donors (Lipinski definition) is 1. The minimum absolute atomic E-state index is 0.223. The molecule has 0 amide bonds. The van der Waals surface area contributed by atoms with Crippen LogP contribution in [-0.4, -0.2) is 9.78 Å². The van der Waals surface area contributed by atoms with Crippen molar-refractivity contribution >= 4 is 0 Å². The lowest BCUT2D eigenvalue weighted by Gasteiger charge is -2.11. The molecule has 90 valence electrons. The molecule has 17 heavy (non-hydrogen) atoms. The molecule has 1 heterocycles. The first-order chi connectivity index (χ1) is 7.99. The summed E-state index contributed by atoms with van der Waals surface area (Å²) in [5.74, 6) is -0.223. The molecule has 3 nitrogen and oxygen atoms in total. The summed E-state index contributed by atoms with van der Waals surface area (Å²) in [5.41, 5.74) is 9.33. The molecule has 0 aliphatic heterocycles. The monoisotopic (exact) mass is 233 g/mol. The molecule has 0 aliphatic carbocycles. The maximum absolute atomic E-state index is 13.5. The Bertz CT molecular complexity index is 546. The van der Waals surface area contributed by atoms with Crippen molar-refractivity contribution in [2.24, 2.45) is 12.8 Å². The second-order valence-corrected chi connectivity index (χ2v) is 4.33. The van der Waals surface area contributed by atoms with Crippen molar-refractivity contribution in [2.45, 2.75) is 19.9 Å². The number of nitrogens with zero attached hydrogens (tertiary/aromatic N) is 2.